The molecule has 1 aromatic carbocycles. The number of hydrogen-bond acceptors (Lipinski definition) is 3. The van der Waals surface area contributed by atoms with Crippen LogP contribution in [0.25, 0.3) is 0 Å². The molecule has 0 spiro atoms. The Morgan fingerprint density at radius 2 is 2.10 bits per heavy atom. The van der Waals surface area contributed by atoms with Crippen LogP contribution in [0.15, 0.2) is 41.9 Å². The van der Waals surface area contributed by atoms with Gasteiger partial charge in [0.2, 0.25) is 5.91 Å². The van der Waals surface area contributed by atoms with Crippen LogP contribution in [-0.2, 0) is 17.6 Å². The summed E-state index contributed by atoms with van der Waals surface area (Å²) >= 11 is 1.66. The van der Waals surface area contributed by atoms with Crippen molar-refractivity contribution in [2.45, 2.75) is 31.7 Å². The summed E-state index contributed by atoms with van der Waals surface area (Å²) in [6.07, 6.45) is 5.51. The first-order valence-corrected chi connectivity index (χ1v) is 7.92. The van der Waals surface area contributed by atoms with E-state index in [-0.39, 0.29) is 5.91 Å². The van der Waals surface area contributed by atoms with Crippen LogP contribution < -0.4 is 0 Å². The van der Waals surface area contributed by atoms with E-state index in [4.69, 9.17) is 0 Å². The molecule has 1 amide bonds. The smallest absolute Gasteiger partial charge is 0.227 e. The van der Waals surface area contributed by atoms with Crippen LogP contribution in [-0.4, -0.2) is 28.4 Å². The fourth-order valence-electron chi connectivity index (χ4n) is 2.36. The number of carbonyl (C=O) groups excluding carboxylic acids is 1. The zero-order valence-electron chi connectivity index (χ0n) is 11.4. The second-order valence-corrected chi connectivity index (χ2v) is 6.14. The van der Waals surface area contributed by atoms with Gasteiger partial charge in [-0.25, -0.2) is 4.98 Å². The van der Waals surface area contributed by atoms with Gasteiger partial charge in [0.15, 0.2) is 0 Å². The molecule has 20 heavy (non-hydrogen) atoms. The van der Waals surface area contributed by atoms with Gasteiger partial charge in [-0.05, 0) is 18.4 Å². The molecule has 104 valence electrons. The lowest BCUT2D eigenvalue weighted by atomic mass is 10.1. The minimum atomic E-state index is 0.246. The Morgan fingerprint density at radius 3 is 2.75 bits per heavy atom. The summed E-state index contributed by atoms with van der Waals surface area (Å²) in [5.74, 6) is 0.246. The maximum atomic E-state index is 12.5. The largest absolute Gasteiger partial charge is 0.339 e. The normalized spacial score (nSPS) is 14.2. The van der Waals surface area contributed by atoms with Gasteiger partial charge in [-0.15, -0.1) is 11.3 Å². The Bertz CT molecular complexity index is 549. The Kier molecular flexibility index (Phi) is 4.11. The maximum absolute atomic E-state index is 12.5. The predicted molar refractivity (Wildman–Crippen MR) is 80.7 cm³/mol. The molecule has 0 unspecified atom stereocenters. The number of carbonyl (C=O) groups is 1. The molecule has 0 atom stereocenters. The Balaban J connectivity index is 1.60. The highest BCUT2D eigenvalue weighted by Crippen LogP contribution is 2.27. The molecule has 0 bridgehead atoms. The topological polar surface area (TPSA) is 33.2 Å². The third-order valence-corrected chi connectivity index (χ3v) is 4.40. The molecule has 0 radical (unpaired) electrons. The summed E-state index contributed by atoms with van der Waals surface area (Å²) in [6, 6.07) is 10.5. The number of hydrogen-bond donors (Lipinski definition) is 0. The van der Waals surface area contributed by atoms with Gasteiger partial charge in [-0.2, -0.15) is 0 Å². The van der Waals surface area contributed by atoms with Crippen LogP contribution in [0.3, 0.4) is 0 Å². The third-order valence-electron chi connectivity index (χ3n) is 3.56. The molecule has 2 aromatic rings. The van der Waals surface area contributed by atoms with E-state index in [1.54, 1.807) is 11.3 Å². The summed E-state index contributed by atoms with van der Waals surface area (Å²) in [7, 11) is 0. The SMILES string of the molecule is O=C(Cc1ccccc1)N(CCc1nccs1)C1CC1. The van der Waals surface area contributed by atoms with Gasteiger partial charge in [-0.1, -0.05) is 30.3 Å². The van der Waals surface area contributed by atoms with Gasteiger partial charge < -0.3 is 4.90 Å². The van der Waals surface area contributed by atoms with Gasteiger partial charge in [0.1, 0.15) is 0 Å². The van der Waals surface area contributed by atoms with E-state index in [0.717, 1.165) is 36.4 Å². The predicted octanol–water partition coefficient (Wildman–Crippen LogP) is 2.92. The molecule has 1 aliphatic carbocycles. The molecule has 1 aliphatic rings. The molecule has 1 aromatic heterocycles. The number of benzene rings is 1. The van der Waals surface area contributed by atoms with Crippen LogP contribution in [0.2, 0.25) is 0 Å². The molecular formula is C16H18N2OS. The highest BCUT2D eigenvalue weighted by Gasteiger charge is 2.32. The summed E-state index contributed by atoms with van der Waals surface area (Å²) in [5, 5.41) is 3.10. The Hall–Kier alpha value is -1.68. The van der Waals surface area contributed by atoms with Crippen molar-refractivity contribution in [2.24, 2.45) is 0 Å². The molecule has 1 saturated carbocycles. The second-order valence-electron chi connectivity index (χ2n) is 5.16. The zero-order valence-corrected chi connectivity index (χ0v) is 12.2. The first-order chi connectivity index (χ1) is 9.83. The van der Waals surface area contributed by atoms with E-state index in [1.807, 2.05) is 41.9 Å². The molecule has 0 N–H and O–H groups in total. The quantitative estimate of drug-likeness (QED) is 0.818. The highest BCUT2D eigenvalue weighted by atomic mass is 32.1. The number of nitrogens with zero attached hydrogens (tertiary/aromatic N) is 2. The summed E-state index contributed by atoms with van der Waals surface area (Å²) < 4.78 is 0. The van der Waals surface area contributed by atoms with E-state index in [1.165, 1.54) is 0 Å². The van der Waals surface area contributed by atoms with Gasteiger partial charge in [-0.3, -0.25) is 4.79 Å². The standard InChI is InChI=1S/C16H18N2OS/c19-16(12-13-4-2-1-3-5-13)18(14-6-7-14)10-8-15-17-9-11-20-15/h1-5,9,11,14H,6-8,10,12H2. The zero-order chi connectivity index (χ0) is 13.8. The van der Waals surface area contributed by atoms with Gasteiger partial charge in [0, 0.05) is 30.6 Å². The minimum absolute atomic E-state index is 0.246. The molecule has 3 nitrogen and oxygen atoms in total. The third kappa shape index (κ3) is 3.45. The summed E-state index contributed by atoms with van der Waals surface area (Å²) in [6.45, 7) is 0.795. The van der Waals surface area contributed by atoms with E-state index in [0.29, 0.717) is 12.5 Å². The molecule has 3 rings (SSSR count). The molecule has 1 fully saturated rings. The molecule has 0 saturated heterocycles. The van der Waals surface area contributed by atoms with Crippen molar-refractivity contribution >= 4 is 17.2 Å². The van der Waals surface area contributed by atoms with Crippen LogP contribution in [0.1, 0.15) is 23.4 Å². The molecule has 1 heterocycles. The van der Waals surface area contributed by atoms with Crippen LogP contribution in [0.4, 0.5) is 0 Å². The first-order valence-electron chi connectivity index (χ1n) is 7.04. The van der Waals surface area contributed by atoms with Crippen molar-refractivity contribution in [3.63, 3.8) is 0 Å². The van der Waals surface area contributed by atoms with Crippen molar-refractivity contribution in [1.29, 1.82) is 0 Å². The number of amides is 1. The van der Waals surface area contributed by atoms with E-state index < -0.39 is 0 Å². The molecular weight excluding hydrogens is 268 g/mol. The number of rotatable bonds is 6. The van der Waals surface area contributed by atoms with E-state index in [9.17, 15) is 4.79 Å². The lowest BCUT2D eigenvalue weighted by Gasteiger charge is -2.22. The van der Waals surface area contributed by atoms with Crippen molar-refractivity contribution in [2.75, 3.05) is 6.54 Å². The summed E-state index contributed by atoms with van der Waals surface area (Å²) in [4.78, 5) is 18.8. The first kappa shape index (κ1) is 13.3. The van der Waals surface area contributed by atoms with Gasteiger partial charge in [0.25, 0.3) is 0 Å². The van der Waals surface area contributed by atoms with Crippen LogP contribution in [0.5, 0.6) is 0 Å². The highest BCUT2D eigenvalue weighted by molar-refractivity contribution is 7.09. The van der Waals surface area contributed by atoms with E-state index >= 15 is 0 Å². The Labute approximate surface area is 123 Å². The number of aromatic nitrogens is 1. The van der Waals surface area contributed by atoms with Crippen molar-refractivity contribution in [3.05, 3.63) is 52.5 Å². The fourth-order valence-corrected chi connectivity index (χ4v) is 2.97. The minimum Gasteiger partial charge on any atom is -0.339 e. The van der Waals surface area contributed by atoms with Gasteiger partial charge >= 0.3 is 0 Å². The second kappa shape index (κ2) is 6.18. The molecule has 4 heteroatoms. The Morgan fingerprint density at radius 1 is 1.30 bits per heavy atom. The van der Waals surface area contributed by atoms with Gasteiger partial charge in [0.05, 0.1) is 11.4 Å². The van der Waals surface area contributed by atoms with E-state index in [2.05, 4.69) is 9.88 Å². The molecule has 0 aliphatic heterocycles. The fraction of sp³-hybridized carbons (Fsp3) is 0.375. The summed E-state index contributed by atoms with van der Waals surface area (Å²) in [5.41, 5.74) is 1.09. The van der Waals surface area contributed by atoms with Crippen molar-refractivity contribution < 1.29 is 4.79 Å². The maximum Gasteiger partial charge on any atom is 0.227 e. The lowest BCUT2D eigenvalue weighted by molar-refractivity contribution is -0.131. The van der Waals surface area contributed by atoms with Crippen molar-refractivity contribution in [3.8, 4) is 0 Å². The lowest BCUT2D eigenvalue weighted by Crippen LogP contribution is -2.36. The average molecular weight is 286 g/mol. The van der Waals surface area contributed by atoms with Crippen molar-refractivity contribution in [1.82, 2.24) is 9.88 Å². The van der Waals surface area contributed by atoms with Crippen LogP contribution >= 0.6 is 11.3 Å². The number of thiazole rings is 1. The average Bonchev–Trinajstić information content (AvgIpc) is 3.15. The van der Waals surface area contributed by atoms with Crippen LogP contribution in [0, 0.1) is 0 Å². The monoisotopic (exact) mass is 286 g/mol.